The molecule has 0 aliphatic carbocycles. The van der Waals surface area contributed by atoms with Crippen LogP contribution in [0.3, 0.4) is 0 Å². The average Bonchev–Trinajstić information content (AvgIpc) is 2.88. The molecule has 1 fully saturated rings. The SMILES string of the molecule is CCN1C(=O)/C(=C/c2ccccc2OCc2ccc(Br)cc2)NC1=S. The van der Waals surface area contributed by atoms with Crippen molar-refractivity contribution in [3.63, 3.8) is 0 Å². The van der Waals surface area contributed by atoms with Crippen molar-refractivity contribution in [1.29, 1.82) is 0 Å². The number of ether oxygens (including phenoxy) is 1. The molecule has 6 heteroatoms. The number of carbonyl (C=O) groups excluding carboxylic acids is 1. The fraction of sp³-hybridized carbons (Fsp3) is 0.158. The lowest BCUT2D eigenvalue weighted by atomic mass is 10.1. The van der Waals surface area contributed by atoms with Crippen LogP contribution in [0.5, 0.6) is 5.75 Å². The molecule has 0 unspecified atom stereocenters. The molecule has 2 aromatic carbocycles. The van der Waals surface area contributed by atoms with Crippen LogP contribution in [0.2, 0.25) is 0 Å². The van der Waals surface area contributed by atoms with E-state index in [-0.39, 0.29) is 5.91 Å². The van der Waals surface area contributed by atoms with Gasteiger partial charge in [-0.2, -0.15) is 0 Å². The van der Waals surface area contributed by atoms with Crippen molar-refractivity contribution >= 4 is 45.2 Å². The number of rotatable bonds is 5. The molecule has 4 nitrogen and oxygen atoms in total. The highest BCUT2D eigenvalue weighted by Gasteiger charge is 2.29. The van der Waals surface area contributed by atoms with Gasteiger partial charge in [0.25, 0.3) is 5.91 Å². The summed E-state index contributed by atoms with van der Waals surface area (Å²) in [7, 11) is 0. The molecule has 0 spiro atoms. The van der Waals surface area contributed by atoms with Gasteiger partial charge >= 0.3 is 0 Å². The second kappa shape index (κ2) is 7.80. The lowest BCUT2D eigenvalue weighted by Gasteiger charge is -2.10. The number of nitrogens with zero attached hydrogens (tertiary/aromatic N) is 1. The predicted molar refractivity (Wildman–Crippen MR) is 106 cm³/mol. The smallest absolute Gasteiger partial charge is 0.276 e. The summed E-state index contributed by atoms with van der Waals surface area (Å²) >= 11 is 8.61. The zero-order valence-electron chi connectivity index (χ0n) is 13.7. The Labute approximate surface area is 160 Å². The summed E-state index contributed by atoms with van der Waals surface area (Å²) in [6.07, 6.45) is 1.78. The highest BCUT2D eigenvalue weighted by Crippen LogP contribution is 2.24. The monoisotopic (exact) mass is 416 g/mol. The Balaban J connectivity index is 1.79. The maximum Gasteiger partial charge on any atom is 0.276 e. The minimum Gasteiger partial charge on any atom is -0.488 e. The third kappa shape index (κ3) is 4.08. The Morgan fingerprint density at radius 3 is 2.60 bits per heavy atom. The third-order valence-corrected chi connectivity index (χ3v) is 4.66. The Hall–Kier alpha value is -2.18. The molecule has 1 aliphatic heterocycles. The van der Waals surface area contributed by atoms with E-state index in [1.54, 1.807) is 6.08 Å². The lowest BCUT2D eigenvalue weighted by Crippen LogP contribution is -2.30. The van der Waals surface area contributed by atoms with Gasteiger partial charge in [0, 0.05) is 16.6 Å². The highest BCUT2D eigenvalue weighted by molar-refractivity contribution is 9.10. The van der Waals surface area contributed by atoms with Gasteiger partial charge in [0.05, 0.1) is 0 Å². The van der Waals surface area contributed by atoms with Crippen molar-refractivity contribution in [2.75, 3.05) is 6.54 Å². The standard InChI is InChI=1S/C19H17BrN2O2S/c1-2-22-18(23)16(21-19(22)25)11-14-5-3-4-6-17(14)24-12-13-7-9-15(20)10-8-13/h3-11H,2,12H2,1H3,(H,21,25)/b16-11-. The minimum atomic E-state index is -0.116. The molecular weight excluding hydrogens is 400 g/mol. The number of para-hydroxylation sites is 1. The molecule has 1 N–H and O–H groups in total. The van der Waals surface area contributed by atoms with Gasteiger partial charge < -0.3 is 10.1 Å². The van der Waals surface area contributed by atoms with Gasteiger partial charge in [-0.15, -0.1) is 0 Å². The quantitative estimate of drug-likeness (QED) is 0.588. The molecular formula is C19H17BrN2O2S. The first kappa shape index (κ1) is 17.6. The van der Waals surface area contributed by atoms with Crippen LogP contribution < -0.4 is 10.1 Å². The van der Waals surface area contributed by atoms with Gasteiger partial charge in [-0.05, 0) is 49.0 Å². The van der Waals surface area contributed by atoms with E-state index in [9.17, 15) is 4.79 Å². The summed E-state index contributed by atoms with van der Waals surface area (Å²) in [4.78, 5) is 13.9. The maximum atomic E-state index is 12.3. The van der Waals surface area contributed by atoms with E-state index < -0.39 is 0 Å². The number of nitrogens with one attached hydrogen (secondary N) is 1. The second-order valence-electron chi connectivity index (χ2n) is 5.49. The van der Waals surface area contributed by atoms with E-state index in [4.69, 9.17) is 17.0 Å². The first-order valence-corrected chi connectivity index (χ1v) is 9.09. The van der Waals surface area contributed by atoms with Gasteiger partial charge in [-0.1, -0.05) is 46.3 Å². The zero-order chi connectivity index (χ0) is 17.8. The van der Waals surface area contributed by atoms with E-state index in [1.165, 1.54) is 4.90 Å². The number of carbonyl (C=O) groups is 1. The van der Waals surface area contributed by atoms with Crippen molar-refractivity contribution in [1.82, 2.24) is 10.2 Å². The second-order valence-corrected chi connectivity index (χ2v) is 6.79. The number of hydrogen-bond donors (Lipinski definition) is 1. The van der Waals surface area contributed by atoms with Gasteiger partial charge in [-0.25, -0.2) is 0 Å². The first-order valence-electron chi connectivity index (χ1n) is 7.89. The fourth-order valence-electron chi connectivity index (χ4n) is 2.49. The van der Waals surface area contributed by atoms with Gasteiger partial charge in [0.2, 0.25) is 0 Å². The Bertz CT molecular complexity index is 834. The van der Waals surface area contributed by atoms with Crippen molar-refractivity contribution in [3.8, 4) is 5.75 Å². The van der Waals surface area contributed by atoms with E-state index in [0.717, 1.165) is 15.6 Å². The van der Waals surface area contributed by atoms with Crippen molar-refractivity contribution in [2.45, 2.75) is 13.5 Å². The van der Waals surface area contributed by atoms with E-state index in [1.807, 2.05) is 55.5 Å². The Kier molecular flexibility index (Phi) is 5.50. The van der Waals surface area contributed by atoms with Crippen LogP contribution in [-0.2, 0) is 11.4 Å². The summed E-state index contributed by atoms with van der Waals surface area (Å²) in [5.41, 5.74) is 2.36. The summed E-state index contributed by atoms with van der Waals surface area (Å²) in [5.74, 6) is 0.601. The largest absolute Gasteiger partial charge is 0.488 e. The van der Waals surface area contributed by atoms with Crippen LogP contribution in [0.4, 0.5) is 0 Å². The van der Waals surface area contributed by atoms with Gasteiger partial charge in [0.1, 0.15) is 18.1 Å². The molecule has 1 amide bonds. The number of amides is 1. The number of benzene rings is 2. The summed E-state index contributed by atoms with van der Waals surface area (Å²) in [5, 5.41) is 3.41. The van der Waals surface area contributed by atoms with Crippen molar-refractivity contribution < 1.29 is 9.53 Å². The number of thiocarbonyl (C=S) groups is 1. The van der Waals surface area contributed by atoms with Crippen LogP contribution in [0.25, 0.3) is 6.08 Å². The molecule has 1 saturated heterocycles. The van der Waals surface area contributed by atoms with Crippen LogP contribution in [0.15, 0.2) is 58.7 Å². The number of halogens is 1. The predicted octanol–water partition coefficient (Wildman–Crippen LogP) is 4.11. The molecule has 1 heterocycles. The van der Waals surface area contributed by atoms with Gasteiger partial charge in [0.15, 0.2) is 5.11 Å². The molecule has 0 atom stereocenters. The molecule has 0 aromatic heterocycles. The van der Waals surface area contributed by atoms with Crippen molar-refractivity contribution in [3.05, 3.63) is 69.8 Å². The number of hydrogen-bond acceptors (Lipinski definition) is 3. The van der Waals surface area contributed by atoms with Gasteiger partial charge in [-0.3, -0.25) is 9.69 Å². The Morgan fingerprint density at radius 1 is 1.20 bits per heavy atom. The third-order valence-electron chi connectivity index (χ3n) is 3.80. The topological polar surface area (TPSA) is 41.6 Å². The van der Waals surface area contributed by atoms with E-state index >= 15 is 0 Å². The molecule has 25 heavy (non-hydrogen) atoms. The van der Waals surface area contributed by atoms with Crippen LogP contribution in [0.1, 0.15) is 18.1 Å². The van der Waals surface area contributed by atoms with Crippen LogP contribution >= 0.6 is 28.1 Å². The maximum absolute atomic E-state index is 12.3. The first-order chi connectivity index (χ1) is 12.1. The molecule has 2 aromatic rings. The zero-order valence-corrected chi connectivity index (χ0v) is 16.1. The molecule has 0 radical (unpaired) electrons. The van der Waals surface area contributed by atoms with E-state index in [0.29, 0.717) is 29.7 Å². The molecule has 0 saturated carbocycles. The normalized spacial score (nSPS) is 15.6. The molecule has 128 valence electrons. The van der Waals surface area contributed by atoms with Crippen molar-refractivity contribution in [2.24, 2.45) is 0 Å². The Morgan fingerprint density at radius 2 is 1.92 bits per heavy atom. The molecule has 3 rings (SSSR count). The molecule has 0 bridgehead atoms. The average molecular weight is 417 g/mol. The summed E-state index contributed by atoms with van der Waals surface area (Å²) in [6, 6.07) is 15.6. The summed E-state index contributed by atoms with van der Waals surface area (Å²) < 4.78 is 6.97. The van der Waals surface area contributed by atoms with Crippen LogP contribution in [0, 0.1) is 0 Å². The highest BCUT2D eigenvalue weighted by atomic mass is 79.9. The molecule has 1 aliphatic rings. The number of likely N-dealkylation sites (N-methyl/N-ethyl adjacent to an activating group) is 1. The lowest BCUT2D eigenvalue weighted by molar-refractivity contribution is -0.122. The minimum absolute atomic E-state index is 0.116. The fourth-order valence-corrected chi connectivity index (χ4v) is 3.07. The summed E-state index contributed by atoms with van der Waals surface area (Å²) in [6.45, 7) is 2.89. The van der Waals surface area contributed by atoms with E-state index in [2.05, 4.69) is 21.2 Å². The van der Waals surface area contributed by atoms with Crippen LogP contribution in [-0.4, -0.2) is 22.5 Å².